The monoisotopic (exact) mass is 354 g/mol. The molecule has 0 saturated carbocycles. The van der Waals surface area contributed by atoms with Crippen LogP contribution in [0.4, 0.5) is 0 Å². The quantitative estimate of drug-likeness (QED) is 0.831. The number of carbonyl (C=O) groups is 2. The Labute approximate surface area is 152 Å². The lowest BCUT2D eigenvalue weighted by atomic mass is 10.2. The summed E-state index contributed by atoms with van der Waals surface area (Å²) in [6, 6.07) is 16.0. The van der Waals surface area contributed by atoms with Gasteiger partial charge in [0.05, 0.1) is 5.56 Å². The van der Waals surface area contributed by atoms with E-state index in [1.54, 1.807) is 4.90 Å². The van der Waals surface area contributed by atoms with Gasteiger partial charge >= 0.3 is 5.97 Å². The Bertz CT molecular complexity index is 738. The molecule has 1 heterocycles. The topological polar surface area (TPSA) is 70.1 Å². The van der Waals surface area contributed by atoms with E-state index in [9.17, 15) is 14.7 Å². The Morgan fingerprint density at radius 2 is 1.58 bits per heavy atom. The summed E-state index contributed by atoms with van der Waals surface area (Å²) in [5.74, 6) is -0.677. The second-order valence-corrected chi connectivity index (χ2v) is 6.27. The van der Waals surface area contributed by atoms with Gasteiger partial charge in [-0.15, -0.1) is 0 Å². The van der Waals surface area contributed by atoms with Crippen molar-refractivity contribution < 1.29 is 19.4 Å². The van der Waals surface area contributed by atoms with E-state index < -0.39 is 5.97 Å². The third-order valence-electron chi connectivity index (χ3n) is 4.40. The fourth-order valence-corrected chi connectivity index (χ4v) is 2.90. The Kier molecular flexibility index (Phi) is 5.86. The SMILES string of the molecule is O=C(OCC(=O)N1CCN(Cc2ccccc2)CC1)c1ccc(O)cc1. The van der Waals surface area contributed by atoms with Gasteiger partial charge < -0.3 is 14.7 Å². The minimum absolute atomic E-state index is 0.0750. The highest BCUT2D eigenvalue weighted by Gasteiger charge is 2.22. The zero-order valence-corrected chi connectivity index (χ0v) is 14.5. The number of carbonyl (C=O) groups excluding carboxylic acids is 2. The lowest BCUT2D eigenvalue weighted by Crippen LogP contribution is -2.49. The van der Waals surface area contributed by atoms with E-state index in [0.717, 1.165) is 19.6 Å². The fraction of sp³-hybridized carbons (Fsp3) is 0.300. The molecule has 2 aromatic carbocycles. The van der Waals surface area contributed by atoms with Crippen molar-refractivity contribution in [1.82, 2.24) is 9.80 Å². The van der Waals surface area contributed by atoms with Crippen molar-refractivity contribution in [2.24, 2.45) is 0 Å². The van der Waals surface area contributed by atoms with E-state index in [1.165, 1.54) is 29.8 Å². The standard InChI is InChI=1S/C20H22N2O4/c23-18-8-6-17(7-9-18)20(25)26-15-19(24)22-12-10-21(11-13-22)14-16-4-2-1-3-5-16/h1-9,23H,10-15H2. The molecule has 0 unspecified atom stereocenters. The molecule has 0 bridgehead atoms. The number of aromatic hydroxyl groups is 1. The average Bonchev–Trinajstić information content (AvgIpc) is 2.68. The molecule has 0 radical (unpaired) electrons. The first-order chi connectivity index (χ1) is 12.6. The minimum Gasteiger partial charge on any atom is -0.508 e. The van der Waals surface area contributed by atoms with Gasteiger partial charge in [-0.25, -0.2) is 4.79 Å². The Hall–Kier alpha value is -2.86. The van der Waals surface area contributed by atoms with Crippen LogP contribution >= 0.6 is 0 Å². The van der Waals surface area contributed by atoms with Crippen LogP contribution in [0.15, 0.2) is 54.6 Å². The summed E-state index contributed by atoms with van der Waals surface area (Å²) in [7, 11) is 0. The third kappa shape index (κ3) is 4.83. The van der Waals surface area contributed by atoms with Gasteiger partial charge in [0, 0.05) is 32.7 Å². The summed E-state index contributed by atoms with van der Waals surface area (Å²) < 4.78 is 5.08. The second kappa shape index (κ2) is 8.49. The molecule has 6 heteroatoms. The maximum absolute atomic E-state index is 12.2. The molecule has 1 amide bonds. The Balaban J connectivity index is 1.42. The summed E-state index contributed by atoms with van der Waals surface area (Å²) in [6.45, 7) is 3.46. The zero-order valence-electron chi connectivity index (χ0n) is 14.5. The highest BCUT2D eigenvalue weighted by atomic mass is 16.5. The van der Waals surface area contributed by atoms with E-state index in [4.69, 9.17) is 4.74 Å². The summed E-state index contributed by atoms with van der Waals surface area (Å²) in [5.41, 5.74) is 1.57. The van der Waals surface area contributed by atoms with Crippen LogP contribution < -0.4 is 0 Å². The van der Waals surface area contributed by atoms with Crippen LogP contribution in [0.5, 0.6) is 5.75 Å². The average molecular weight is 354 g/mol. The number of hydrogen-bond donors (Lipinski definition) is 1. The van der Waals surface area contributed by atoms with Crippen LogP contribution in [0.25, 0.3) is 0 Å². The molecule has 1 saturated heterocycles. The van der Waals surface area contributed by atoms with Crippen molar-refractivity contribution in [3.8, 4) is 5.75 Å². The number of nitrogens with zero attached hydrogens (tertiary/aromatic N) is 2. The highest BCUT2D eigenvalue weighted by molar-refractivity contribution is 5.91. The first-order valence-electron chi connectivity index (χ1n) is 8.62. The van der Waals surface area contributed by atoms with Crippen LogP contribution in [0.1, 0.15) is 15.9 Å². The number of phenolic OH excluding ortho intramolecular Hbond substituents is 1. The van der Waals surface area contributed by atoms with Crippen molar-refractivity contribution in [3.63, 3.8) is 0 Å². The molecule has 26 heavy (non-hydrogen) atoms. The lowest BCUT2D eigenvalue weighted by Gasteiger charge is -2.34. The molecule has 1 aliphatic rings. The normalized spacial score (nSPS) is 14.8. The molecular weight excluding hydrogens is 332 g/mol. The molecule has 0 atom stereocenters. The maximum Gasteiger partial charge on any atom is 0.338 e. The predicted molar refractivity (Wildman–Crippen MR) is 96.7 cm³/mol. The lowest BCUT2D eigenvalue weighted by molar-refractivity contribution is -0.136. The van der Waals surface area contributed by atoms with E-state index in [-0.39, 0.29) is 18.3 Å². The molecule has 1 N–H and O–H groups in total. The molecule has 0 spiro atoms. The van der Waals surface area contributed by atoms with E-state index >= 15 is 0 Å². The van der Waals surface area contributed by atoms with Gasteiger partial charge in [-0.1, -0.05) is 30.3 Å². The first-order valence-corrected chi connectivity index (χ1v) is 8.62. The summed E-state index contributed by atoms with van der Waals surface area (Å²) in [6.07, 6.45) is 0. The molecule has 0 aromatic heterocycles. The van der Waals surface area contributed by atoms with Crippen molar-refractivity contribution in [2.45, 2.75) is 6.54 Å². The summed E-state index contributed by atoms with van der Waals surface area (Å²) >= 11 is 0. The van der Waals surface area contributed by atoms with Crippen LogP contribution in [0.2, 0.25) is 0 Å². The minimum atomic E-state index is -0.568. The van der Waals surface area contributed by atoms with Gasteiger partial charge in [-0.05, 0) is 29.8 Å². The van der Waals surface area contributed by atoms with E-state index in [0.29, 0.717) is 18.7 Å². The van der Waals surface area contributed by atoms with Crippen LogP contribution in [-0.2, 0) is 16.1 Å². The summed E-state index contributed by atoms with van der Waals surface area (Å²) in [4.78, 5) is 28.2. The fourth-order valence-electron chi connectivity index (χ4n) is 2.90. The van der Waals surface area contributed by atoms with Crippen LogP contribution in [0, 0.1) is 0 Å². The van der Waals surface area contributed by atoms with Gasteiger partial charge in [0.2, 0.25) is 0 Å². The molecule has 3 rings (SSSR count). The van der Waals surface area contributed by atoms with E-state index in [1.807, 2.05) is 18.2 Å². The van der Waals surface area contributed by atoms with Crippen molar-refractivity contribution >= 4 is 11.9 Å². The molecule has 6 nitrogen and oxygen atoms in total. The highest BCUT2D eigenvalue weighted by Crippen LogP contribution is 2.11. The van der Waals surface area contributed by atoms with Crippen molar-refractivity contribution in [1.29, 1.82) is 0 Å². The van der Waals surface area contributed by atoms with Gasteiger partial charge in [-0.3, -0.25) is 9.69 Å². The van der Waals surface area contributed by atoms with Gasteiger partial charge in [-0.2, -0.15) is 0 Å². The van der Waals surface area contributed by atoms with Gasteiger partial charge in [0.1, 0.15) is 5.75 Å². The third-order valence-corrected chi connectivity index (χ3v) is 4.40. The van der Waals surface area contributed by atoms with Gasteiger partial charge in [0.15, 0.2) is 6.61 Å². The first kappa shape index (κ1) is 17.9. The smallest absolute Gasteiger partial charge is 0.338 e. The number of piperazine rings is 1. The molecule has 1 aliphatic heterocycles. The zero-order chi connectivity index (χ0) is 18.4. The molecule has 0 aliphatic carbocycles. The van der Waals surface area contributed by atoms with Crippen LogP contribution in [0.3, 0.4) is 0 Å². The van der Waals surface area contributed by atoms with Gasteiger partial charge in [0.25, 0.3) is 5.91 Å². The molecule has 136 valence electrons. The molecular formula is C20H22N2O4. The number of ether oxygens (including phenoxy) is 1. The Morgan fingerprint density at radius 1 is 0.923 bits per heavy atom. The second-order valence-electron chi connectivity index (χ2n) is 6.27. The van der Waals surface area contributed by atoms with Crippen LogP contribution in [-0.4, -0.2) is 59.6 Å². The number of esters is 1. The summed E-state index contributed by atoms with van der Waals surface area (Å²) in [5, 5.41) is 9.22. The number of amides is 1. The maximum atomic E-state index is 12.2. The largest absolute Gasteiger partial charge is 0.508 e. The molecule has 2 aromatic rings. The number of rotatable bonds is 5. The number of benzene rings is 2. The number of hydrogen-bond acceptors (Lipinski definition) is 5. The predicted octanol–water partition coefficient (Wildman–Crippen LogP) is 1.89. The van der Waals surface area contributed by atoms with E-state index in [2.05, 4.69) is 17.0 Å². The van der Waals surface area contributed by atoms with Crippen molar-refractivity contribution in [3.05, 3.63) is 65.7 Å². The van der Waals surface area contributed by atoms with Crippen molar-refractivity contribution in [2.75, 3.05) is 32.8 Å². The molecule has 1 fully saturated rings. The Morgan fingerprint density at radius 3 is 2.23 bits per heavy atom. The number of phenols is 1.